The van der Waals surface area contributed by atoms with Gasteiger partial charge in [0.15, 0.2) is 5.65 Å². The molecule has 6 aromatic rings. The van der Waals surface area contributed by atoms with Crippen LogP contribution < -0.4 is 0 Å². The lowest BCUT2D eigenvalue weighted by molar-refractivity contribution is 0.939. The van der Waals surface area contributed by atoms with E-state index in [1.807, 2.05) is 70.1 Å². The topological polar surface area (TPSA) is 77.7 Å². The van der Waals surface area contributed by atoms with E-state index < -0.39 is 0 Å². The first kappa shape index (κ1) is 14.1. The van der Waals surface area contributed by atoms with Gasteiger partial charge >= 0.3 is 0 Å². The molecule has 0 aliphatic heterocycles. The average Bonchev–Trinajstić information content (AvgIpc) is 3.42. The molecule has 0 aliphatic carbocycles. The van der Waals surface area contributed by atoms with Crippen molar-refractivity contribution in [3.63, 3.8) is 0 Å². The summed E-state index contributed by atoms with van der Waals surface area (Å²) >= 11 is 0. The summed E-state index contributed by atoms with van der Waals surface area (Å²) in [5.74, 6) is 0.647. The normalized spacial score (nSPS) is 11.7. The molecule has 6 rings (SSSR count). The van der Waals surface area contributed by atoms with Gasteiger partial charge in [0, 0.05) is 42.7 Å². The van der Waals surface area contributed by atoms with E-state index in [0.717, 1.165) is 33.9 Å². The molecule has 8 nitrogen and oxygen atoms in total. The van der Waals surface area contributed by atoms with Gasteiger partial charge in [-0.15, -0.1) is 0 Å². The molecule has 0 bridgehead atoms. The molecule has 0 aromatic carbocycles. The van der Waals surface area contributed by atoms with Crippen LogP contribution in [0.25, 0.3) is 39.7 Å². The largest absolute Gasteiger partial charge is 0.307 e. The Kier molecular flexibility index (Phi) is 2.73. The summed E-state index contributed by atoms with van der Waals surface area (Å²) in [5.41, 5.74) is 5.04. The van der Waals surface area contributed by atoms with Crippen LogP contribution in [0.3, 0.4) is 0 Å². The minimum atomic E-state index is 0.647. The summed E-state index contributed by atoms with van der Waals surface area (Å²) in [6.45, 7) is 0. The van der Waals surface area contributed by atoms with Crippen LogP contribution in [0.2, 0.25) is 0 Å². The van der Waals surface area contributed by atoms with E-state index in [9.17, 15) is 0 Å². The van der Waals surface area contributed by atoms with E-state index in [-0.39, 0.29) is 0 Å². The Morgan fingerprint density at radius 2 is 1.70 bits per heavy atom. The van der Waals surface area contributed by atoms with E-state index in [1.165, 1.54) is 0 Å². The van der Waals surface area contributed by atoms with Crippen molar-refractivity contribution in [2.24, 2.45) is 0 Å². The summed E-state index contributed by atoms with van der Waals surface area (Å²) in [4.78, 5) is 17.8. The minimum absolute atomic E-state index is 0.647. The van der Waals surface area contributed by atoms with Gasteiger partial charge in [-0.2, -0.15) is 5.10 Å². The summed E-state index contributed by atoms with van der Waals surface area (Å²) in [5, 5.41) is 4.67. The van der Waals surface area contributed by atoms with Gasteiger partial charge in [0.05, 0.1) is 11.9 Å². The maximum atomic E-state index is 4.68. The van der Waals surface area contributed by atoms with Crippen molar-refractivity contribution in [3.05, 3.63) is 73.7 Å². The van der Waals surface area contributed by atoms with Crippen LogP contribution >= 0.6 is 0 Å². The first-order valence-corrected chi connectivity index (χ1v) is 8.43. The first-order valence-electron chi connectivity index (χ1n) is 8.43. The summed E-state index contributed by atoms with van der Waals surface area (Å²) < 4.78 is 5.62. The molecular weight excluding hydrogens is 340 g/mol. The van der Waals surface area contributed by atoms with Crippen molar-refractivity contribution < 1.29 is 0 Å². The molecule has 0 saturated carbocycles. The lowest BCUT2D eigenvalue weighted by Crippen LogP contribution is -1.93. The van der Waals surface area contributed by atoms with Crippen molar-refractivity contribution in [3.8, 4) is 22.6 Å². The fourth-order valence-electron chi connectivity index (χ4n) is 3.18. The quantitative estimate of drug-likeness (QED) is 0.479. The van der Waals surface area contributed by atoms with Crippen LogP contribution in [0.4, 0.5) is 0 Å². The smallest absolute Gasteiger partial charge is 0.234 e. The molecule has 6 aromatic heterocycles. The SMILES string of the molecule is c1cnc2nc(-c3ccc4nc(-c5ccn6ccnc6c5)cn4n3)cn2c1. The minimum Gasteiger partial charge on any atom is -0.307 e. The number of nitrogens with zero attached hydrogens (tertiary/aromatic N) is 8. The molecule has 0 spiro atoms. The number of hydrogen-bond acceptors (Lipinski definition) is 5. The lowest BCUT2D eigenvalue weighted by atomic mass is 10.2. The molecule has 0 aliphatic rings. The lowest BCUT2D eigenvalue weighted by Gasteiger charge is -1.97. The Balaban J connectivity index is 1.46. The highest BCUT2D eigenvalue weighted by atomic mass is 15.3. The average molecular weight is 352 g/mol. The monoisotopic (exact) mass is 352 g/mol. The fraction of sp³-hybridized carbons (Fsp3) is 0. The predicted octanol–water partition coefficient (Wildman–Crippen LogP) is 2.75. The van der Waals surface area contributed by atoms with Gasteiger partial charge in [-0.25, -0.2) is 24.5 Å². The Morgan fingerprint density at radius 3 is 2.67 bits per heavy atom. The van der Waals surface area contributed by atoms with E-state index in [2.05, 4.69) is 25.0 Å². The second-order valence-corrected chi connectivity index (χ2v) is 6.21. The summed E-state index contributed by atoms with van der Waals surface area (Å²) in [6.07, 6.45) is 13.1. The molecule has 0 saturated heterocycles. The molecule has 0 fully saturated rings. The van der Waals surface area contributed by atoms with Crippen LogP contribution in [0.1, 0.15) is 0 Å². The van der Waals surface area contributed by atoms with Gasteiger partial charge in [-0.3, -0.25) is 4.40 Å². The highest BCUT2D eigenvalue weighted by Crippen LogP contribution is 2.22. The number of pyridine rings is 1. The number of aromatic nitrogens is 8. The van der Waals surface area contributed by atoms with Gasteiger partial charge in [0.1, 0.15) is 17.0 Å². The van der Waals surface area contributed by atoms with Gasteiger partial charge in [-0.05, 0) is 30.3 Å². The number of hydrogen-bond donors (Lipinski definition) is 0. The fourth-order valence-corrected chi connectivity index (χ4v) is 3.18. The van der Waals surface area contributed by atoms with Crippen LogP contribution in [0.15, 0.2) is 73.7 Å². The Bertz CT molecular complexity index is 1410. The summed E-state index contributed by atoms with van der Waals surface area (Å²) in [6, 6.07) is 9.76. The maximum absolute atomic E-state index is 4.68. The van der Waals surface area contributed by atoms with Crippen LogP contribution in [-0.4, -0.2) is 38.4 Å². The van der Waals surface area contributed by atoms with Crippen molar-refractivity contribution in [2.45, 2.75) is 0 Å². The maximum Gasteiger partial charge on any atom is 0.234 e. The predicted molar refractivity (Wildman–Crippen MR) is 99.2 cm³/mol. The van der Waals surface area contributed by atoms with E-state index >= 15 is 0 Å². The molecular formula is C19H12N8. The molecule has 27 heavy (non-hydrogen) atoms. The van der Waals surface area contributed by atoms with Gasteiger partial charge in [0.25, 0.3) is 0 Å². The number of rotatable bonds is 2. The standard InChI is InChI=1S/C19H12N8/c1-5-21-19-23-16(11-26(19)7-1)14-2-3-17-22-15(12-27(17)24-14)13-4-8-25-9-6-20-18(25)10-13/h1-12H. The van der Waals surface area contributed by atoms with Gasteiger partial charge < -0.3 is 4.40 Å². The van der Waals surface area contributed by atoms with E-state index in [4.69, 9.17) is 0 Å². The Labute approximate surface area is 152 Å². The van der Waals surface area contributed by atoms with Crippen LogP contribution in [0.5, 0.6) is 0 Å². The molecule has 0 N–H and O–H groups in total. The third kappa shape index (κ3) is 2.20. The Hall–Kier alpha value is -4.07. The summed E-state index contributed by atoms with van der Waals surface area (Å²) in [7, 11) is 0. The zero-order chi connectivity index (χ0) is 17.8. The van der Waals surface area contributed by atoms with Crippen molar-refractivity contribution in [1.82, 2.24) is 38.4 Å². The molecule has 0 amide bonds. The van der Waals surface area contributed by atoms with Crippen molar-refractivity contribution in [1.29, 1.82) is 0 Å². The van der Waals surface area contributed by atoms with Crippen molar-refractivity contribution >= 4 is 17.1 Å². The highest BCUT2D eigenvalue weighted by molar-refractivity contribution is 5.67. The van der Waals surface area contributed by atoms with Crippen LogP contribution in [0, 0.1) is 0 Å². The molecule has 0 radical (unpaired) electrons. The second-order valence-electron chi connectivity index (χ2n) is 6.21. The second kappa shape index (κ2) is 5.21. The molecule has 0 unspecified atom stereocenters. The van der Waals surface area contributed by atoms with E-state index in [1.54, 1.807) is 16.9 Å². The first-order chi connectivity index (χ1) is 13.3. The molecule has 6 heterocycles. The number of fused-ring (bicyclic) bond motifs is 3. The Morgan fingerprint density at radius 1 is 0.704 bits per heavy atom. The number of imidazole rings is 3. The van der Waals surface area contributed by atoms with Gasteiger partial charge in [0.2, 0.25) is 5.78 Å². The zero-order valence-electron chi connectivity index (χ0n) is 14.0. The van der Waals surface area contributed by atoms with Crippen LogP contribution in [-0.2, 0) is 0 Å². The van der Waals surface area contributed by atoms with Gasteiger partial charge in [-0.1, -0.05) is 0 Å². The highest BCUT2D eigenvalue weighted by Gasteiger charge is 2.10. The zero-order valence-corrected chi connectivity index (χ0v) is 14.0. The molecule has 0 atom stereocenters. The third-order valence-corrected chi connectivity index (χ3v) is 4.51. The third-order valence-electron chi connectivity index (χ3n) is 4.51. The molecule has 8 heteroatoms. The van der Waals surface area contributed by atoms with Crippen molar-refractivity contribution in [2.75, 3.05) is 0 Å². The van der Waals surface area contributed by atoms with E-state index in [0.29, 0.717) is 5.78 Å². The molecule has 128 valence electrons.